The summed E-state index contributed by atoms with van der Waals surface area (Å²) < 4.78 is 19.9. The molecule has 19 heavy (non-hydrogen) atoms. The molecule has 0 saturated heterocycles. The lowest BCUT2D eigenvalue weighted by Crippen LogP contribution is -2.10. The molecule has 1 aromatic carbocycles. The van der Waals surface area contributed by atoms with E-state index in [0.717, 1.165) is 12.1 Å². The number of hydrogen-bond acceptors (Lipinski definition) is 4. The molecular weight excluding hydrogens is 247 g/mol. The quantitative estimate of drug-likeness (QED) is 0.865. The summed E-state index contributed by atoms with van der Waals surface area (Å²) in [5.41, 5.74) is 6.64. The molecule has 1 heterocycles. The van der Waals surface area contributed by atoms with Gasteiger partial charge >= 0.3 is 0 Å². The number of ether oxygens (including phenoxy) is 1. The Bertz CT molecular complexity index is 512. The minimum Gasteiger partial charge on any atom is -0.492 e. The van der Waals surface area contributed by atoms with E-state index in [-0.39, 0.29) is 11.9 Å². The monoisotopic (exact) mass is 264 g/mol. The smallest absolute Gasteiger partial charge is 0.123 e. The molecule has 1 atom stereocenters. The third-order valence-electron chi connectivity index (χ3n) is 2.78. The maximum absolute atomic E-state index is 12.7. The van der Waals surface area contributed by atoms with E-state index in [2.05, 4.69) is 10.3 Å². The molecular formula is C13H17FN4O. The van der Waals surface area contributed by atoms with E-state index in [9.17, 15) is 4.39 Å². The first-order valence-corrected chi connectivity index (χ1v) is 6.23. The summed E-state index contributed by atoms with van der Waals surface area (Å²) in [6.45, 7) is 3.01. The van der Waals surface area contributed by atoms with Crippen molar-refractivity contribution >= 4 is 0 Å². The molecule has 0 spiro atoms. The standard InChI is InChI=1S/C13H17FN4O/c1-2-12(15)13-9-18(17-16-13)7-8-19-11-5-3-10(14)4-6-11/h3-6,9,12H,2,7-8,15H2,1H3. The summed E-state index contributed by atoms with van der Waals surface area (Å²) in [6, 6.07) is 5.84. The van der Waals surface area contributed by atoms with Crippen molar-refractivity contribution in [3.63, 3.8) is 0 Å². The molecule has 0 aliphatic heterocycles. The van der Waals surface area contributed by atoms with Crippen LogP contribution in [-0.4, -0.2) is 21.6 Å². The van der Waals surface area contributed by atoms with Crippen molar-refractivity contribution in [1.29, 1.82) is 0 Å². The highest BCUT2D eigenvalue weighted by Gasteiger charge is 2.07. The maximum Gasteiger partial charge on any atom is 0.123 e. The van der Waals surface area contributed by atoms with E-state index in [0.29, 0.717) is 18.9 Å². The molecule has 0 saturated carbocycles. The van der Waals surface area contributed by atoms with Crippen molar-refractivity contribution in [2.75, 3.05) is 6.61 Å². The molecule has 102 valence electrons. The van der Waals surface area contributed by atoms with Gasteiger partial charge in [-0.25, -0.2) is 9.07 Å². The Hall–Kier alpha value is -1.95. The van der Waals surface area contributed by atoms with Crippen molar-refractivity contribution in [2.45, 2.75) is 25.9 Å². The predicted octanol–water partition coefficient (Wildman–Crippen LogP) is 1.91. The summed E-state index contributed by atoms with van der Waals surface area (Å²) in [5.74, 6) is 0.355. The lowest BCUT2D eigenvalue weighted by molar-refractivity contribution is 0.289. The van der Waals surface area contributed by atoms with Gasteiger partial charge in [0.05, 0.1) is 24.5 Å². The highest BCUT2D eigenvalue weighted by atomic mass is 19.1. The van der Waals surface area contributed by atoms with Gasteiger partial charge in [0.1, 0.15) is 18.2 Å². The van der Waals surface area contributed by atoms with Crippen LogP contribution in [0, 0.1) is 5.82 Å². The average Bonchev–Trinajstić information content (AvgIpc) is 2.89. The molecule has 0 radical (unpaired) electrons. The number of benzene rings is 1. The van der Waals surface area contributed by atoms with Gasteiger partial charge in [-0.1, -0.05) is 12.1 Å². The fourth-order valence-electron chi connectivity index (χ4n) is 1.59. The third-order valence-corrected chi connectivity index (χ3v) is 2.78. The van der Waals surface area contributed by atoms with Gasteiger partial charge in [-0.2, -0.15) is 0 Å². The van der Waals surface area contributed by atoms with E-state index in [1.165, 1.54) is 12.1 Å². The SMILES string of the molecule is CCC(N)c1cn(CCOc2ccc(F)cc2)nn1. The van der Waals surface area contributed by atoms with Gasteiger partial charge in [0, 0.05) is 0 Å². The van der Waals surface area contributed by atoms with Crippen molar-refractivity contribution in [3.8, 4) is 5.75 Å². The lowest BCUT2D eigenvalue weighted by Gasteiger charge is -2.05. The first kappa shape index (κ1) is 13.5. The molecule has 2 N–H and O–H groups in total. The van der Waals surface area contributed by atoms with Crippen LogP contribution in [0.15, 0.2) is 30.5 Å². The van der Waals surface area contributed by atoms with Crippen molar-refractivity contribution in [2.24, 2.45) is 5.73 Å². The first-order chi connectivity index (χ1) is 9.19. The van der Waals surface area contributed by atoms with Gasteiger partial charge in [-0.15, -0.1) is 5.10 Å². The van der Waals surface area contributed by atoms with Gasteiger partial charge in [-0.3, -0.25) is 0 Å². The number of nitrogens with two attached hydrogens (primary N) is 1. The molecule has 0 bridgehead atoms. The maximum atomic E-state index is 12.7. The van der Waals surface area contributed by atoms with Crippen LogP contribution in [0.5, 0.6) is 5.75 Å². The fourth-order valence-corrected chi connectivity index (χ4v) is 1.59. The van der Waals surface area contributed by atoms with E-state index in [1.807, 2.05) is 13.1 Å². The Kier molecular flexibility index (Phi) is 4.46. The number of halogens is 1. The molecule has 0 aliphatic carbocycles. The van der Waals surface area contributed by atoms with Crippen LogP contribution in [0.25, 0.3) is 0 Å². The first-order valence-electron chi connectivity index (χ1n) is 6.23. The summed E-state index contributed by atoms with van der Waals surface area (Å²) in [4.78, 5) is 0. The minimum absolute atomic E-state index is 0.0771. The van der Waals surface area contributed by atoms with Crippen LogP contribution in [0.3, 0.4) is 0 Å². The summed E-state index contributed by atoms with van der Waals surface area (Å²) in [5, 5.41) is 7.98. The predicted molar refractivity (Wildman–Crippen MR) is 69.1 cm³/mol. The van der Waals surface area contributed by atoms with E-state index >= 15 is 0 Å². The molecule has 2 rings (SSSR count). The zero-order valence-corrected chi connectivity index (χ0v) is 10.8. The number of hydrogen-bond donors (Lipinski definition) is 1. The summed E-state index contributed by atoms with van der Waals surface area (Å²) >= 11 is 0. The number of rotatable bonds is 6. The highest BCUT2D eigenvalue weighted by Crippen LogP contribution is 2.11. The largest absolute Gasteiger partial charge is 0.492 e. The van der Waals surface area contributed by atoms with Crippen LogP contribution < -0.4 is 10.5 Å². The van der Waals surface area contributed by atoms with E-state index < -0.39 is 0 Å². The van der Waals surface area contributed by atoms with Crippen LogP contribution >= 0.6 is 0 Å². The van der Waals surface area contributed by atoms with Crippen LogP contribution in [-0.2, 0) is 6.54 Å². The van der Waals surface area contributed by atoms with Gasteiger partial charge < -0.3 is 10.5 Å². The van der Waals surface area contributed by atoms with Gasteiger partial charge in [0.2, 0.25) is 0 Å². The summed E-state index contributed by atoms with van der Waals surface area (Å²) in [7, 11) is 0. The molecule has 0 aliphatic rings. The molecule has 1 unspecified atom stereocenters. The highest BCUT2D eigenvalue weighted by molar-refractivity contribution is 5.21. The Morgan fingerprint density at radius 3 is 2.79 bits per heavy atom. The zero-order chi connectivity index (χ0) is 13.7. The van der Waals surface area contributed by atoms with Crippen molar-refractivity contribution < 1.29 is 9.13 Å². The number of aromatic nitrogens is 3. The Morgan fingerprint density at radius 1 is 1.37 bits per heavy atom. The normalized spacial score (nSPS) is 12.4. The van der Waals surface area contributed by atoms with Crippen LogP contribution in [0.1, 0.15) is 25.1 Å². The Labute approximate surface area is 111 Å². The third kappa shape index (κ3) is 3.75. The molecule has 0 fully saturated rings. The second-order valence-electron chi connectivity index (χ2n) is 4.22. The Morgan fingerprint density at radius 2 is 2.11 bits per heavy atom. The molecule has 6 heteroatoms. The Balaban J connectivity index is 1.82. The van der Waals surface area contributed by atoms with Crippen LogP contribution in [0.2, 0.25) is 0 Å². The fraction of sp³-hybridized carbons (Fsp3) is 0.385. The molecule has 5 nitrogen and oxygen atoms in total. The topological polar surface area (TPSA) is 66.0 Å². The van der Waals surface area contributed by atoms with Crippen LogP contribution in [0.4, 0.5) is 4.39 Å². The van der Waals surface area contributed by atoms with Gasteiger partial charge in [0.15, 0.2) is 0 Å². The zero-order valence-electron chi connectivity index (χ0n) is 10.8. The van der Waals surface area contributed by atoms with Crippen molar-refractivity contribution in [1.82, 2.24) is 15.0 Å². The van der Waals surface area contributed by atoms with E-state index in [4.69, 9.17) is 10.5 Å². The summed E-state index contributed by atoms with van der Waals surface area (Å²) in [6.07, 6.45) is 2.65. The lowest BCUT2D eigenvalue weighted by atomic mass is 10.2. The van der Waals surface area contributed by atoms with E-state index in [1.54, 1.807) is 16.8 Å². The molecule has 0 amide bonds. The molecule has 1 aromatic heterocycles. The minimum atomic E-state index is -0.276. The van der Waals surface area contributed by atoms with Crippen molar-refractivity contribution in [3.05, 3.63) is 42.0 Å². The second-order valence-corrected chi connectivity index (χ2v) is 4.22. The molecule has 2 aromatic rings. The number of nitrogens with zero attached hydrogens (tertiary/aromatic N) is 3. The second kappa shape index (κ2) is 6.29. The van der Waals surface area contributed by atoms with Gasteiger partial charge in [0.25, 0.3) is 0 Å². The van der Waals surface area contributed by atoms with Gasteiger partial charge in [-0.05, 0) is 30.7 Å². The average molecular weight is 264 g/mol.